The molecule has 4 rings (SSSR count). The lowest BCUT2D eigenvalue weighted by atomic mass is 9.91. The van der Waals surface area contributed by atoms with Crippen LogP contribution in [0.5, 0.6) is 0 Å². The second-order valence-electron chi connectivity index (χ2n) is 8.86. The molecule has 158 valence electrons. The van der Waals surface area contributed by atoms with E-state index in [0.29, 0.717) is 18.4 Å². The van der Waals surface area contributed by atoms with E-state index >= 15 is 0 Å². The van der Waals surface area contributed by atoms with Crippen LogP contribution in [0.2, 0.25) is 0 Å². The molecule has 0 saturated carbocycles. The molecule has 6 nitrogen and oxygen atoms in total. The summed E-state index contributed by atoms with van der Waals surface area (Å²) >= 11 is 0. The maximum atomic E-state index is 12.3. The molecule has 0 aromatic carbocycles. The lowest BCUT2D eigenvalue weighted by Crippen LogP contribution is -2.48. The Morgan fingerprint density at radius 2 is 2.03 bits per heavy atom. The van der Waals surface area contributed by atoms with Crippen LogP contribution in [0.4, 0.5) is 0 Å². The minimum Gasteiger partial charge on any atom is -0.343 e. The van der Waals surface area contributed by atoms with Crippen molar-refractivity contribution in [3.63, 3.8) is 0 Å². The summed E-state index contributed by atoms with van der Waals surface area (Å²) in [7, 11) is 0. The number of likely N-dealkylation sites (tertiary alicyclic amines) is 1. The number of carbonyl (C=O) groups is 1. The van der Waals surface area contributed by atoms with Crippen molar-refractivity contribution < 1.29 is 4.79 Å². The first-order valence-electron chi connectivity index (χ1n) is 11.3. The number of rotatable bonds is 5. The van der Waals surface area contributed by atoms with E-state index in [1.807, 2.05) is 19.2 Å². The van der Waals surface area contributed by atoms with Gasteiger partial charge < -0.3 is 9.88 Å². The number of aromatic amines is 1. The Hall–Kier alpha value is -1.92. The van der Waals surface area contributed by atoms with Gasteiger partial charge in [0.25, 0.3) is 0 Å². The molecular weight excluding hydrogens is 362 g/mol. The smallest absolute Gasteiger partial charge is 0.222 e. The van der Waals surface area contributed by atoms with Crippen molar-refractivity contribution in [2.45, 2.75) is 58.5 Å². The average Bonchev–Trinajstić information content (AvgIpc) is 3.12. The van der Waals surface area contributed by atoms with Crippen LogP contribution in [0.3, 0.4) is 0 Å². The van der Waals surface area contributed by atoms with Crippen molar-refractivity contribution in [2.75, 3.05) is 39.3 Å². The van der Waals surface area contributed by atoms with Gasteiger partial charge in [-0.05, 0) is 44.4 Å². The van der Waals surface area contributed by atoms with Crippen LogP contribution in [-0.4, -0.2) is 75.9 Å². The maximum absolute atomic E-state index is 12.3. The monoisotopic (exact) mass is 397 g/mol. The van der Waals surface area contributed by atoms with Gasteiger partial charge in [0.2, 0.25) is 5.91 Å². The van der Waals surface area contributed by atoms with E-state index in [4.69, 9.17) is 0 Å². The van der Waals surface area contributed by atoms with Gasteiger partial charge in [0.15, 0.2) is 0 Å². The third kappa shape index (κ3) is 4.33. The number of piperazine rings is 1. The highest BCUT2D eigenvalue weighted by molar-refractivity contribution is 5.81. The van der Waals surface area contributed by atoms with Gasteiger partial charge >= 0.3 is 0 Å². The topological polar surface area (TPSA) is 55.5 Å². The predicted molar refractivity (Wildman–Crippen MR) is 117 cm³/mol. The SMILES string of the molecule is CCC(=O)N1CCC[C@@H](c2[nH]c3ncccc3c2CN2CCN(C(C)C)CC2)C1. The number of nitrogens with one attached hydrogen (secondary N) is 1. The summed E-state index contributed by atoms with van der Waals surface area (Å²) in [4.78, 5) is 27.7. The Kier molecular flexibility index (Phi) is 6.20. The van der Waals surface area contributed by atoms with Crippen molar-refractivity contribution >= 4 is 16.9 Å². The highest BCUT2D eigenvalue weighted by atomic mass is 16.2. The first kappa shape index (κ1) is 20.4. The summed E-state index contributed by atoms with van der Waals surface area (Å²) in [5.74, 6) is 0.649. The van der Waals surface area contributed by atoms with Crippen LogP contribution in [0, 0.1) is 0 Å². The van der Waals surface area contributed by atoms with Crippen LogP contribution in [0.1, 0.15) is 57.2 Å². The van der Waals surface area contributed by atoms with E-state index < -0.39 is 0 Å². The number of piperidine rings is 1. The number of pyridine rings is 1. The average molecular weight is 398 g/mol. The quantitative estimate of drug-likeness (QED) is 0.842. The lowest BCUT2D eigenvalue weighted by molar-refractivity contribution is -0.132. The van der Waals surface area contributed by atoms with Crippen molar-refractivity contribution in [3.8, 4) is 0 Å². The first-order chi connectivity index (χ1) is 14.1. The summed E-state index contributed by atoms with van der Waals surface area (Å²) in [6.07, 6.45) is 4.66. The third-order valence-corrected chi connectivity index (χ3v) is 6.71. The van der Waals surface area contributed by atoms with Gasteiger partial charge in [-0.2, -0.15) is 0 Å². The molecule has 2 aliphatic rings. The summed E-state index contributed by atoms with van der Waals surface area (Å²) in [5.41, 5.74) is 3.68. The van der Waals surface area contributed by atoms with E-state index in [1.165, 1.54) is 16.6 Å². The summed E-state index contributed by atoms with van der Waals surface area (Å²) < 4.78 is 0. The highest BCUT2D eigenvalue weighted by Crippen LogP contribution is 2.33. The molecule has 0 spiro atoms. The molecule has 4 heterocycles. The van der Waals surface area contributed by atoms with E-state index in [-0.39, 0.29) is 5.91 Å². The number of nitrogens with zero attached hydrogens (tertiary/aromatic N) is 4. The van der Waals surface area contributed by atoms with Crippen LogP contribution < -0.4 is 0 Å². The van der Waals surface area contributed by atoms with E-state index in [0.717, 1.165) is 64.3 Å². The molecule has 29 heavy (non-hydrogen) atoms. The lowest BCUT2D eigenvalue weighted by Gasteiger charge is -2.37. The molecule has 0 unspecified atom stereocenters. The minimum absolute atomic E-state index is 0.273. The molecule has 1 atom stereocenters. The number of hydrogen-bond acceptors (Lipinski definition) is 4. The fourth-order valence-electron chi connectivity index (χ4n) is 4.94. The Morgan fingerprint density at radius 1 is 1.24 bits per heavy atom. The zero-order chi connectivity index (χ0) is 20.4. The van der Waals surface area contributed by atoms with Crippen molar-refractivity contribution in [2.24, 2.45) is 0 Å². The number of amides is 1. The Labute approximate surface area is 174 Å². The molecule has 2 saturated heterocycles. The molecule has 2 aliphatic heterocycles. The van der Waals surface area contributed by atoms with E-state index in [1.54, 1.807) is 0 Å². The molecule has 0 aliphatic carbocycles. The van der Waals surface area contributed by atoms with Gasteiger partial charge in [-0.3, -0.25) is 14.6 Å². The molecule has 2 aromatic heterocycles. The fourth-order valence-corrected chi connectivity index (χ4v) is 4.94. The van der Waals surface area contributed by atoms with Gasteiger partial charge in [-0.15, -0.1) is 0 Å². The molecule has 2 aromatic rings. The molecule has 6 heteroatoms. The van der Waals surface area contributed by atoms with Crippen molar-refractivity contribution in [3.05, 3.63) is 29.6 Å². The Balaban J connectivity index is 1.57. The molecule has 1 N–H and O–H groups in total. The second-order valence-corrected chi connectivity index (χ2v) is 8.86. The van der Waals surface area contributed by atoms with Gasteiger partial charge in [0.05, 0.1) is 0 Å². The zero-order valence-electron chi connectivity index (χ0n) is 18.2. The third-order valence-electron chi connectivity index (χ3n) is 6.71. The summed E-state index contributed by atoms with van der Waals surface area (Å²) in [5, 5.41) is 1.24. The van der Waals surface area contributed by atoms with Gasteiger partial charge in [-0.25, -0.2) is 4.98 Å². The van der Waals surface area contributed by atoms with Crippen molar-refractivity contribution in [1.82, 2.24) is 24.7 Å². The fraction of sp³-hybridized carbons (Fsp3) is 0.652. The molecule has 0 radical (unpaired) electrons. The van der Waals surface area contributed by atoms with Crippen LogP contribution >= 0.6 is 0 Å². The van der Waals surface area contributed by atoms with Gasteiger partial charge in [0, 0.05) is 81.5 Å². The zero-order valence-corrected chi connectivity index (χ0v) is 18.2. The number of fused-ring (bicyclic) bond motifs is 1. The van der Waals surface area contributed by atoms with Gasteiger partial charge in [0.1, 0.15) is 5.65 Å². The standard InChI is InChI=1S/C23H35N5O/c1-4-21(29)28-10-6-7-18(15-28)22-20(19-8-5-9-24-23(19)25-22)16-26-11-13-27(14-12-26)17(2)3/h5,8-9,17-18H,4,6-7,10-16H2,1-3H3,(H,24,25)/t18-/m1/s1. The second kappa shape index (κ2) is 8.84. The molecular formula is C23H35N5O. The molecule has 2 fully saturated rings. The normalized spacial score (nSPS) is 21.9. The van der Waals surface area contributed by atoms with Gasteiger partial charge in [-0.1, -0.05) is 6.92 Å². The van der Waals surface area contributed by atoms with Crippen LogP contribution in [-0.2, 0) is 11.3 Å². The van der Waals surface area contributed by atoms with Crippen LogP contribution in [0.25, 0.3) is 11.0 Å². The predicted octanol–water partition coefficient (Wildman–Crippen LogP) is 3.20. The minimum atomic E-state index is 0.273. The van der Waals surface area contributed by atoms with E-state index in [9.17, 15) is 4.79 Å². The number of carbonyl (C=O) groups excluding carboxylic acids is 1. The molecule has 1 amide bonds. The highest BCUT2D eigenvalue weighted by Gasteiger charge is 2.29. The van der Waals surface area contributed by atoms with Crippen molar-refractivity contribution in [1.29, 1.82) is 0 Å². The van der Waals surface area contributed by atoms with Crippen LogP contribution in [0.15, 0.2) is 18.3 Å². The summed E-state index contributed by atoms with van der Waals surface area (Å²) in [6.45, 7) is 13.7. The summed E-state index contributed by atoms with van der Waals surface area (Å²) in [6, 6.07) is 4.85. The largest absolute Gasteiger partial charge is 0.343 e. The number of hydrogen-bond donors (Lipinski definition) is 1. The Morgan fingerprint density at radius 3 is 2.76 bits per heavy atom. The molecule has 0 bridgehead atoms. The Bertz CT molecular complexity index is 837. The maximum Gasteiger partial charge on any atom is 0.222 e. The number of aromatic nitrogens is 2. The first-order valence-corrected chi connectivity index (χ1v) is 11.3. The number of H-pyrrole nitrogens is 1. The van der Waals surface area contributed by atoms with E-state index in [2.05, 4.69) is 44.6 Å².